The van der Waals surface area contributed by atoms with Gasteiger partial charge < -0.3 is 11.1 Å². The maximum Gasteiger partial charge on any atom is 0.123 e. The lowest BCUT2D eigenvalue weighted by atomic mass is 9.92. The molecule has 3 heteroatoms. The minimum atomic E-state index is -0.182. The molecule has 3 rings (SSSR count). The third-order valence-electron chi connectivity index (χ3n) is 4.19. The Morgan fingerprint density at radius 1 is 1.10 bits per heavy atom. The molecule has 0 fully saturated rings. The highest BCUT2D eigenvalue weighted by Gasteiger charge is 2.18. The molecule has 21 heavy (non-hydrogen) atoms. The van der Waals surface area contributed by atoms with Gasteiger partial charge in [0.15, 0.2) is 0 Å². The molecule has 0 bridgehead atoms. The van der Waals surface area contributed by atoms with Crippen molar-refractivity contribution in [3.05, 3.63) is 70.5 Å². The van der Waals surface area contributed by atoms with E-state index in [4.69, 9.17) is 5.73 Å². The molecule has 1 aliphatic rings. The molecule has 1 atom stereocenters. The van der Waals surface area contributed by atoms with E-state index in [1.165, 1.54) is 28.8 Å². The van der Waals surface area contributed by atoms with E-state index in [0.29, 0.717) is 6.54 Å². The average molecular weight is 284 g/mol. The molecule has 0 aliphatic carbocycles. The zero-order chi connectivity index (χ0) is 14.7. The molecule has 1 heterocycles. The smallest absolute Gasteiger partial charge is 0.123 e. The van der Waals surface area contributed by atoms with Gasteiger partial charge in [0, 0.05) is 12.6 Å². The zero-order valence-electron chi connectivity index (χ0n) is 12.1. The molecule has 0 saturated heterocycles. The average Bonchev–Trinajstić information content (AvgIpc) is 2.71. The molecule has 3 N–H and O–H groups in total. The van der Waals surface area contributed by atoms with Gasteiger partial charge in [-0.25, -0.2) is 4.39 Å². The minimum Gasteiger partial charge on any atom is -0.326 e. The Bertz CT molecular complexity index is 607. The summed E-state index contributed by atoms with van der Waals surface area (Å²) in [5.74, 6) is -0.182. The molecule has 0 radical (unpaired) electrons. The van der Waals surface area contributed by atoms with Gasteiger partial charge in [0.2, 0.25) is 0 Å². The predicted molar refractivity (Wildman–Crippen MR) is 83.5 cm³/mol. The number of fused-ring (bicyclic) bond motifs is 1. The third-order valence-corrected chi connectivity index (χ3v) is 4.19. The van der Waals surface area contributed by atoms with Crippen molar-refractivity contribution in [2.45, 2.75) is 31.8 Å². The topological polar surface area (TPSA) is 38.0 Å². The van der Waals surface area contributed by atoms with E-state index in [9.17, 15) is 4.39 Å². The summed E-state index contributed by atoms with van der Waals surface area (Å²) in [5.41, 5.74) is 10.8. The molecule has 0 aromatic heterocycles. The molecule has 1 unspecified atom stereocenters. The largest absolute Gasteiger partial charge is 0.326 e. The maximum atomic E-state index is 13.0. The SMILES string of the molecule is NCc1ccc2c(c1)C(Cc1ccc(F)cc1)NCCC2. The molecule has 0 spiro atoms. The molecule has 2 nitrogen and oxygen atoms in total. The summed E-state index contributed by atoms with van der Waals surface area (Å²) in [6.45, 7) is 1.58. The Balaban J connectivity index is 1.90. The Kier molecular flexibility index (Phi) is 4.32. The van der Waals surface area contributed by atoms with Gasteiger partial charge in [0.25, 0.3) is 0 Å². The number of rotatable bonds is 3. The maximum absolute atomic E-state index is 13.0. The first-order chi connectivity index (χ1) is 10.3. The van der Waals surface area contributed by atoms with Crippen LogP contribution in [-0.2, 0) is 19.4 Å². The van der Waals surface area contributed by atoms with Crippen LogP contribution < -0.4 is 11.1 Å². The van der Waals surface area contributed by atoms with Gasteiger partial charge in [-0.05, 0) is 60.2 Å². The second-order valence-electron chi connectivity index (χ2n) is 5.68. The van der Waals surface area contributed by atoms with Crippen LogP contribution in [0, 0.1) is 5.82 Å². The van der Waals surface area contributed by atoms with Crippen LogP contribution in [0.4, 0.5) is 4.39 Å². The summed E-state index contributed by atoms with van der Waals surface area (Å²) >= 11 is 0. The van der Waals surface area contributed by atoms with Crippen LogP contribution >= 0.6 is 0 Å². The summed E-state index contributed by atoms with van der Waals surface area (Å²) in [5, 5.41) is 3.62. The van der Waals surface area contributed by atoms with Crippen molar-refractivity contribution >= 4 is 0 Å². The summed E-state index contributed by atoms with van der Waals surface area (Å²) in [4.78, 5) is 0. The Morgan fingerprint density at radius 3 is 2.62 bits per heavy atom. The van der Waals surface area contributed by atoms with Gasteiger partial charge in [-0.1, -0.05) is 30.3 Å². The molecule has 0 saturated carbocycles. The minimum absolute atomic E-state index is 0.182. The van der Waals surface area contributed by atoms with Crippen LogP contribution in [0.25, 0.3) is 0 Å². The van der Waals surface area contributed by atoms with Crippen molar-refractivity contribution in [1.82, 2.24) is 5.32 Å². The normalized spacial score (nSPS) is 18.1. The molecular formula is C18H21FN2. The van der Waals surface area contributed by atoms with Crippen molar-refractivity contribution in [3.8, 4) is 0 Å². The highest BCUT2D eigenvalue weighted by molar-refractivity contribution is 5.36. The van der Waals surface area contributed by atoms with Crippen LogP contribution in [-0.4, -0.2) is 6.54 Å². The number of hydrogen-bond donors (Lipinski definition) is 2. The first kappa shape index (κ1) is 14.2. The molecular weight excluding hydrogens is 263 g/mol. The fourth-order valence-corrected chi connectivity index (χ4v) is 3.03. The van der Waals surface area contributed by atoms with Crippen molar-refractivity contribution in [2.24, 2.45) is 5.73 Å². The fraction of sp³-hybridized carbons (Fsp3) is 0.333. The lowest BCUT2D eigenvalue weighted by molar-refractivity contribution is 0.539. The highest BCUT2D eigenvalue weighted by Crippen LogP contribution is 2.27. The van der Waals surface area contributed by atoms with Crippen molar-refractivity contribution in [2.75, 3.05) is 6.54 Å². The molecule has 1 aliphatic heterocycles. The molecule has 2 aromatic carbocycles. The number of hydrogen-bond acceptors (Lipinski definition) is 2. The fourth-order valence-electron chi connectivity index (χ4n) is 3.03. The van der Waals surface area contributed by atoms with E-state index in [2.05, 4.69) is 23.5 Å². The van der Waals surface area contributed by atoms with Crippen molar-refractivity contribution < 1.29 is 4.39 Å². The number of halogens is 1. The quantitative estimate of drug-likeness (QED) is 0.909. The zero-order valence-corrected chi connectivity index (χ0v) is 12.1. The van der Waals surface area contributed by atoms with Crippen molar-refractivity contribution in [3.63, 3.8) is 0 Å². The van der Waals surface area contributed by atoms with E-state index >= 15 is 0 Å². The molecule has 2 aromatic rings. The number of benzene rings is 2. The first-order valence-corrected chi connectivity index (χ1v) is 7.56. The van der Waals surface area contributed by atoms with Gasteiger partial charge in [-0.3, -0.25) is 0 Å². The number of aryl methyl sites for hydroxylation is 1. The highest BCUT2D eigenvalue weighted by atomic mass is 19.1. The van der Waals surface area contributed by atoms with Crippen LogP contribution in [0.1, 0.15) is 34.7 Å². The van der Waals surface area contributed by atoms with Gasteiger partial charge >= 0.3 is 0 Å². The first-order valence-electron chi connectivity index (χ1n) is 7.56. The van der Waals surface area contributed by atoms with Gasteiger partial charge in [0.05, 0.1) is 0 Å². The van der Waals surface area contributed by atoms with E-state index in [0.717, 1.165) is 31.4 Å². The van der Waals surface area contributed by atoms with E-state index < -0.39 is 0 Å². The lowest BCUT2D eigenvalue weighted by Crippen LogP contribution is -2.23. The summed E-state index contributed by atoms with van der Waals surface area (Å²) in [6.07, 6.45) is 3.13. The molecule has 0 amide bonds. The van der Waals surface area contributed by atoms with Crippen LogP contribution in [0.3, 0.4) is 0 Å². The van der Waals surface area contributed by atoms with Gasteiger partial charge in [-0.2, -0.15) is 0 Å². The monoisotopic (exact) mass is 284 g/mol. The Labute approximate surface area is 125 Å². The lowest BCUT2D eigenvalue weighted by Gasteiger charge is -2.20. The number of nitrogens with one attached hydrogen (secondary N) is 1. The van der Waals surface area contributed by atoms with Gasteiger partial charge in [0.1, 0.15) is 5.82 Å². The molecule has 110 valence electrons. The predicted octanol–water partition coefficient (Wildman–Crippen LogP) is 3.10. The van der Waals surface area contributed by atoms with E-state index in [1.54, 1.807) is 0 Å². The summed E-state index contributed by atoms with van der Waals surface area (Å²) < 4.78 is 13.0. The third kappa shape index (κ3) is 3.31. The second kappa shape index (κ2) is 6.37. The second-order valence-corrected chi connectivity index (χ2v) is 5.68. The van der Waals surface area contributed by atoms with Crippen LogP contribution in [0.15, 0.2) is 42.5 Å². The Morgan fingerprint density at radius 2 is 1.86 bits per heavy atom. The summed E-state index contributed by atoms with van der Waals surface area (Å²) in [6, 6.07) is 13.6. The Hall–Kier alpha value is -1.71. The summed E-state index contributed by atoms with van der Waals surface area (Å²) in [7, 11) is 0. The number of nitrogens with two attached hydrogens (primary N) is 1. The van der Waals surface area contributed by atoms with Crippen molar-refractivity contribution in [1.29, 1.82) is 0 Å². The standard InChI is InChI=1S/C18H21FN2/c19-16-7-4-13(5-8-16)11-18-17-10-14(12-20)3-6-15(17)2-1-9-21-18/h3-8,10,18,21H,1-2,9,11-12,20H2. The van der Waals surface area contributed by atoms with E-state index in [-0.39, 0.29) is 11.9 Å². The van der Waals surface area contributed by atoms with E-state index in [1.807, 2.05) is 12.1 Å². The van der Waals surface area contributed by atoms with Crippen LogP contribution in [0.5, 0.6) is 0 Å². The van der Waals surface area contributed by atoms with Gasteiger partial charge in [-0.15, -0.1) is 0 Å². The van der Waals surface area contributed by atoms with Crippen LogP contribution in [0.2, 0.25) is 0 Å².